The minimum atomic E-state index is -0.702. The highest BCUT2D eigenvalue weighted by Gasteiger charge is 2.41. The van der Waals surface area contributed by atoms with E-state index in [4.69, 9.17) is 9.40 Å². The van der Waals surface area contributed by atoms with Gasteiger partial charge in [-0.2, -0.15) is 0 Å². The van der Waals surface area contributed by atoms with Gasteiger partial charge in [-0.05, 0) is 49.6 Å². The number of pyridine rings is 1. The number of piperazine rings is 1. The molecular formula is C28H30FN5O4. The number of nitrogens with zero attached hydrogens (tertiary/aromatic N) is 4. The predicted octanol–water partition coefficient (Wildman–Crippen LogP) is 3.52. The minimum Gasteiger partial charge on any atom is -0.449 e. The second-order valence-corrected chi connectivity index (χ2v) is 11.3. The SMILES string of the molecule is CC(C)(C)c1cc(-c2ccc(F)cc2)nc2cc(C(=O)N3CCN(C(=O)C4=NCC(=O)N4)CC3(C)C)oc12. The lowest BCUT2D eigenvalue weighted by Gasteiger charge is -2.46. The molecule has 3 amide bonds. The van der Waals surface area contributed by atoms with Gasteiger partial charge in [0, 0.05) is 36.8 Å². The first kappa shape index (κ1) is 25.6. The van der Waals surface area contributed by atoms with Crippen LogP contribution in [0.15, 0.2) is 45.8 Å². The molecule has 10 heteroatoms. The number of hydrogen-bond acceptors (Lipinski definition) is 6. The summed E-state index contributed by atoms with van der Waals surface area (Å²) >= 11 is 0. The van der Waals surface area contributed by atoms with Gasteiger partial charge in [-0.1, -0.05) is 20.8 Å². The van der Waals surface area contributed by atoms with Gasteiger partial charge in [0.05, 0.1) is 11.2 Å². The fourth-order valence-electron chi connectivity index (χ4n) is 4.92. The first-order valence-electron chi connectivity index (χ1n) is 12.5. The Hall–Kier alpha value is -4.08. The maximum atomic E-state index is 13.7. The number of aromatic nitrogens is 1. The third-order valence-electron chi connectivity index (χ3n) is 6.91. The molecule has 198 valence electrons. The van der Waals surface area contributed by atoms with Crippen molar-refractivity contribution in [3.05, 3.63) is 53.5 Å². The van der Waals surface area contributed by atoms with Gasteiger partial charge in [-0.25, -0.2) is 9.37 Å². The second kappa shape index (κ2) is 9.04. The summed E-state index contributed by atoms with van der Waals surface area (Å²) in [6.45, 7) is 10.7. The standard InChI is InChI=1S/C28H30FN5O4/c1-27(2,3)18-12-19(16-6-8-17(29)9-7-16)31-20-13-21(38-23(18)20)25(36)34-11-10-33(15-28(34,4)5)26(37)24-30-14-22(35)32-24/h6-9,12-13H,10-11,14-15H2,1-5H3,(H,30,32,35). The van der Waals surface area contributed by atoms with Gasteiger partial charge in [0.2, 0.25) is 5.91 Å². The Bertz CT molecular complexity index is 1480. The number of amides is 3. The second-order valence-electron chi connectivity index (χ2n) is 11.3. The molecule has 0 saturated carbocycles. The Morgan fingerprint density at radius 3 is 2.39 bits per heavy atom. The molecule has 38 heavy (non-hydrogen) atoms. The number of aliphatic imine (C=N–C) groups is 1. The first-order chi connectivity index (χ1) is 17.8. The van der Waals surface area contributed by atoms with Crippen molar-refractivity contribution in [3.63, 3.8) is 0 Å². The smallest absolute Gasteiger partial charge is 0.290 e. The maximum Gasteiger partial charge on any atom is 0.290 e. The molecule has 0 spiro atoms. The molecule has 2 aliphatic heterocycles. The first-order valence-corrected chi connectivity index (χ1v) is 12.5. The largest absolute Gasteiger partial charge is 0.449 e. The van der Waals surface area contributed by atoms with Crippen LogP contribution in [-0.2, 0) is 15.0 Å². The summed E-state index contributed by atoms with van der Waals surface area (Å²) < 4.78 is 19.6. The number of halogens is 1. The summed E-state index contributed by atoms with van der Waals surface area (Å²) in [6, 6.07) is 9.70. The summed E-state index contributed by atoms with van der Waals surface area (Å²) in [5.74, 6) is -1.08. The summed E-state index contributed by atoms with van der Waals surface area (Å²) in [5.41, 5.74) is 2.38. The van der Waals surface area contributed by atoms with Crippen molar-refractivity contribution in [2.24, 2.45) is 4.99 Å². The quantitative estimate of drug-likeness (QED) is 0.570. The molecule has 1 aromatic carbocycles. The zero-order valence-electron chi connectivity index (χ0n) is 22.1. The fraction of sp³-hybridized carbons (Fsp3) is 0.393. The van der Waals surface area contributed by atoms with Gasteiger partial charge < -0.3 is 19.5 Å². The van der Waals surface area contributed by atoms with Crippen molar-refractivity contribution < 1.29 is 23.2 Å². The van der Waals surface area contributed by atoms with Gasteiger partial charge >= 0.3 is 0 Å². The third kappa shape index (κ3) is 4.66. The minimum absolute atomic E-state index is 0.0422. The van der Waals surface area contributed by atoms with Crippen molar-refractivity contribution in [1.29, 1.82) is 0 Å². The molecule has 0 aliphatic carbocycles. The molecule has 2 aromatic heterocycles. The summed E-state index contributed by atoms with van der Waals surface area (Å²) in [6.07, 6.45) is 0. The Morgan fingerprint density at radius 2 is 1.79 bits per heavy atom. The molecule has 0 bridgehead atoms. The van der Waals surface area contributed by atoms with Crippen LogP contribution in [0.4, 0.5) is 4.39 Å². The van der Waals surface area contributed by atoms with Crippen LogP contribution < -0.4 is 5.32 Å². The fourth-order valence-corrected chi connectivity index (χ4v) is 4.92. The number of furan rings is 1. The molecule has 2 aliphatic rings. The molecule has 0 atom stereocenters. The average molecular weight is 520 g/mol. The number of fused-ring (bicyclic) bond motifs is 1. The van der Waals surface area contributed by atoms with Crippen LogP contribution in [-0.4, -0.2) is 70.1 Å². The highest BCUT2D eigenvalue weighted by atomic mass is 19.1. The van der Waals surface area contributed by atoms with Crippen molar-refractivity contribution in [3.8, 4) is 11.3 Å². The monoisotopic (exact) mass is 519 g/mol. The lowest BCUT2D eigenvalue weighted by atomic mass is 9.86. The number of nitrogens with one attached hydrogen (secondary N) is 1. The number of amidine groups is 1. The van der Waals surface area contributed by atoms with Crippen molar-refractivity contribution in [2.75, 3.05) is 26.2 Å². The van der Waals surface area contributed by atoms with Crippen LogP contribution in [0.5, 0.6) is 0 Å². The van der Waals surface area contributed by atoms with Gasteiger partial charge in [-0.15, -0.1) is 0 Å². The lowest BCUT2D eigenvalue weighted by molar-refractivity contribution is -0.129. The van der Waals surface area contributed by atoms with Gasteiger partial charge in [-0.3, -0.25) is 19.4 Å². The molecule has 1 fully saturated rings. The Balaban J connectivity index is 1.45. The van der Waals surface area contributed by atoms with Crippen LogP contribution >= 0.6 is 0 Å². The molecule has 1 saturated heterocycles. The number of rotatable bonds is 3. The maximum absolute atomic E-state index is 13.7. The Morgan fingerprint density at radius 1 is 1.08 bits per heavy atom. The van der Waals surface area contributed by atoms with Crippen LogP contribution in [0.1, 0.15) is 50.7 Å². The molecule has 0 radical (unpaired) electrons. The Kier molecular flexibility index (Phi) is 6.08. The zero-order valence-corrected chi connectivity index (χ0v) is 22.1. The van der Waals surface area contributed by atoms with Crippen LogP contribution in [0, 0.1) is 5.82 Å². The number of hydrogen-bond donors (Lipinski definition) is 1. The Labute approximate surface area is 219 Å². The summed E-state index contributed by atoms with van der Waals surface area (Å²) in [5, 5.41) is 2.49. The highest BCUT2D eigenvalue weighted by Crippen LogP contribution is 2.35. The van der Waals surface area contributed by atoms with Crippen LogP contribution in [0.3, 0.4) is 0 Å². The molecule has 9 nitrogen and oxygen atoms in total. The van der Waals surface area contributed by atoms with Gasteiger partial charge in [0.25, 0.3) is 11.8 Å². The van der Waals surface area contributed by atoms with E-state index in [9.17, 15) is 18.8 Å². The van der Waals surface area contributed by atoms with E-state index in [1.54, 1.807) is 28.0 Å². The molecule has 0 unspecified atom stereocenters. The van der Waals surface area contributed by atoms with Crippen molar-refractivity contribution in [2.45, 2.75) is 45.6 Å². The van der Waals surface area contributed by atoms with Gasteiger partial charge in [0.1, 0.15) is 17.9 Å². The molecular weight excluding hydrogens is 489 g/mol. The van der Waals surface area contributed by atoms with Crippen LogP contribution in [0.2, 0.25) is 0 Å². The predicted molar refractivity (Wildman–Crippen MR) is 140 cm³/mol. The van der Waals surface area contributed by atoms with E-state index >= 15 is 0 Å². The molecule has 4 heterocycles. The van der Waals surface area contributed by atoms with E-state index in [-0.39, 0.29) is 60.2 Å². The van der Waals surface area contributed by atoms with Gasteiger partial charge in [0.15, 0.2) is 17.2 Å². The van der Waals surface area contributed by atoms with Crippen LogP contribution in [0.25, 0.3) is 22.4 Å². The molecule has 5 rings (SSSR count). The summed E-state index contributed by atoms with van der Waals surface area (Å²) in [7, 11) is 0. The number of carbonyl (C=O) groups is 3. The summed E-state index contributed by atoms with van der Waals surface area (Å²) in [4.78, 5) is 50.0. The zero-order chi connectivity index (χ0) is 27.4. The van der Waals surface area contributed by atoms with Crippen molar-refractivity contribution >= 4 is 34.7 Å². The molecule has 3 aromatic rings. The van der Waals surface area contributed by atoms with E-state index in [0.717, 1.165) is 11.1 Å². The van der Waals surface area contributed by atoms with E-state index in [1.165, 1.54) is 12.1 Å². The van der Waals surface area contributed by atoms with Crippen molar-refractivity contribution in [1.82, 2.24) is 20.1 Å². The normalized spacial score (nSPS) is 17.5. The lowest BCUT2D eigenvalue weighted by Crippen LogP contribution is -2.63. The van der Waals surface area contributed by atoms with E-state index in [2.05, 4.69) is 31.1 Å². The number of carbonyl (C=O) groups excluding carboxylic acids is 3. The third-order valence-corrected chi connectivity index (χ3v) is 6.91. The topological polar surface area (TPSA) is 108 Å². The number of benzene rings is 1. The molecule has 1 N–H and O–H groups in total. The van der Waals surface area contributed by atoms with E-state index in [1.807, 2.05) is 19.9 Å². The van der Waals surface area contributed by atoms with E-state index in [0.29, 0.717) is 23.3 Å². The average Bonchev–Trinajstić information content (AvgIpc) is 3.48. The van der Waals surface area contributed by atoms with E-state index < -0.39 is 5.54 Å². The highest BCUT2D eigenvalue weighted by molar-refractivity contribution is 6.42.